The monoisotopic (exact) mass is 570 g/mol. The molecule has 1 amide bonds. The summed E-state index contributed by atoms with van der Waals surface area (Å²) in [5.41, 5.74) is 0.427. The molecule has 0 fully saturated rings. The number of nitrogens with zero attached hydrogens (tertiary/aromatic N) is 1. The van der Waals surface area contributed by atoms with Gasteiger partial charge in [-0.15, -0.1) is 0 Å². The van der Waals surface area contributed by atoms with Crippen molar-refractivity contribution in [3.8, 4) is 22.4 Å². The molecule has 3 aromatic carbocycles. The number of benzene rings is 3. The normalized spacial score (nSPS) is 11.3. The van der Waals surface area contributed by atoms with Crippen LogP contribution in [-0.4, -0.2) is 30.9 Å². The molecule has 6 nitrogen and oxygen atoms in total. The van der Waals surface area contributed by atoms with E-state index in [1.807, 2.05) is 60.7 Å². The Morgan fingerprint density at radius 1 is 0.825 bits per heavy atom. The summed E-state index contributed by atoms with van der Waals surface area (Å²) >= 11 is 0. The van der Waals surface area contributed by atoms with E-state index in [2.05, 4.69) is 59.3 Å². The highest BCUT2D eigenvalue weighted by molar-refractivity contribution is 7.86. The second kappa shape index (κ2) is 13.9. The van der Waals surface area contributed by atoms with Crippen LogP contribution in [0.1, 0.15) is 35.8 Å². The highest BCUT2D eigenvalue weighted by atomic mass is 32.2. The minimum Gasteiger partial charge on any atom is -0.741 e. The standard InChI is InChI=1S/C29H28N2O.CHF3O3S/c1-2-3-19-30-29(32)28-21-26(24-15-9-5-10-16-24)20-27(25-17-11-6-12-18-25)31(28)22-23-13-7-4-8-14-23;2-1(3,4)8(5,6)7/h4-18,20-21H,2-3,19,22H2,1H3;(H,5,6,7). The molecule has 1 N–H and O–H groups in total. The van der Waals surface area contributed by atoms with Gasteiger partial charge in [0.05, 0.1) is 0 Å². The van der Waals surface area contributed by atoms with Gasteiger partial charge < -0.3 is 9.87 Å². The van der Waals surface area contributed by atoms with Crippen LogP contribution in [0, 0.1) is 0 Å². The van der Waals surface area contributed by atoms with Gasteiger partial charge in [0.15, 0.2) is 16.7 Å². The number of rotatable bonds is 8. The van der Waals surface area contributed by atoms with Crippen LogP contribution in [0.15, 0.2) is 103 Å². The van der Waals surface area contributed by atoms with Gasteiger partial charge in [-0.1, -0.05) is 92.2 Å². The van der Waals surface area contributed by atoms with Crippen LogP contribution in [-0.2, 0) is 16.7 Å². The number of aromatic nitrogens is 1. The van der Waals surface area contributed by atoms with E-state index < -0.39 is 15.6 Å². The molecule has 1 aromatic heterocycles. The lowest BCUT2D eigenvalue weighted by molar-refractivity contribution is -0.679. The first kappa shape index (κ1) is 30.5. The van der Waals surface area contributed by atoms with Crippen molar-refractivity contribution in [2.24, 2.45) is 0 Å². The molecule has 0 saturated heterocycles. The molecular weight excluding hydrogens is 541 g/mol. The van der Waals surface area contributed by atoms with Crippen molar-refractivity contribution in [3.63, 3.8) is 0 Å². The van der Waals surface area contributed by atoms with Crippen molar-refractivity contribution in [2.75, 3.05) is 6.54 Å². The van der Waals surface area contributed by atoms with Crippen LogP contribution >= 0.6 is 0 Å². The molecule has 0 atom stereocenters. The number of carbonyl (C=O) groups excluding carboxylic acids is 1. The molecule has 210 valence electrons. The average Bonchev–Trinajstić information content (AvgIpc) is 2.94. The zero-order valence-electron chi connectivity index (χ0n) is 21.8. The molecule has 0 radical (unpaired) electrons. The predicted octanol–water partition coefficient (Wildman–Crippen LogP) is 5.94. The van der Waals surface area contributed by atoms with E-state index in [9.17, 15) is 18.0 Å². The number of alkyl halides is 3. The van der Waals surface area contributed by atoms with Gasteiger partial charge in [0.25, 0.3) is 5.69 Å². The Hall–Kier alpha value is -4.02. The highest BCUT2D eigenvalue weighted by Gasteiger charge is 2.37. The predicted molar refractivity (Wildman–Crippen MR) is 146 cm³/mol. The SMILES string of the molecule is CCCCNC(=O)c1cc(-c2ccccc2)cc(-c2ccccc2)[n+]1Cc1ccccc1.O=S(=O)([O-])C(F)(F)F. The third kappa shape index (κ3) is 8.49. The van der Waals surface area contributed by atoms with Crippen LogP contribution in [0.5, 0.6) is 0 Å². The summed E-state index contributed by atoms with van der Waals surface area (Å²) in [6.45, 7) is 3.43. The Balaban J connectivity index is 0.000000482. The van der Waals surface area contributed by atoms with Gasteiger partial charge in [0.1, 0.15) is 0 Å². The Bertz CT molecular complexity index is 1500. The summed E-state index contributed by atoms with van der Waals surface area (Å²) in [5.74, 6) is -0.0376. The summed E-state index contributed by atoms with van der Waals surface area (Å²) in [7, 11) is -6.09. The number of nitrogens with one attached hydrogen (secondary N) is 1. The van der Waals surface area contributed by atoms with E-state index >= 15 is 0 Å². The van der Waals surface area contributed by atoms with Gasteiger partial charge in [-0.2, -0.15) is 17.7 Å². The lowest BCUT2D eigenvalue weighted by Crippen LogP contribution is -2.46. The van der Waals surface area contributed by atoms with Crippen LogP contribution in [0.25, 0.3) is 22.4 Å². The van der Waals surface area contributed by atoms with Gasteiger partial charge in [0, 0.05) is 29.8 Å². The van der Waals surface area contributed by atoms with Crippen LogP contribution in [0.2, 0.25) is 0 Å². The first-order valence-electron chi connectivity index (χ1n) is 12.5. The maximum absolute atomic E-state index is 13.4. The number of pyridine rings is 1. The van der Waals surface area contributed by atoms with Gasteiger partial charge >= 0.3 is 11.4 Å². The quantitative estimate of drug-likeness (QED) is 0.123. The zero-order valence-corrected chi connectivity index (χ0v) is 22.6. The van der Waals surface area contributed by atoms with Gasteiger partial charge in [0.2, 0.25) is 5.69 Å². The van der Waals surface area contributed by atoms with Crippen LogP contribution < -0.4 is 9.88 Å². The summed E-state index contributed by atoms with van der Waals surface area (Å²) in [6.07, 6.45) is 2.01. The van der Waals surface area contributed by atoms with Crippen LogP contribution in [0.4, 0.5) is 13.2 Å². The fraction of sp³-hybridized carbons (Fsp3) is 0.200. The van der Waals surface area contributed by atoms with E-state index in [0.29, 0.717) is 18.8 Å². The van der Waals surface area contributed by atoms with E-state index in [0.717, 1.165) is 40.8 Å². The maximum atomic E-state index is 13.4. The number of hydrogen-bond donors (Lipinski definition) is 1. The van der Waals surface area contributed by atoms with E-state index in [1.54, 1.807) is 0 Å². The molecule has 0 unspecified atom stereocenters. The molecule has 0 aliphatic carbocycles. The van der Waals surface area contributed by atoms with Crippen molar-refractivity contribution in [1.82, 2.24) is 5.32 Å². The Labute approximate surface area is 231 Å². The first-order chi connectivity index (χ1) is 19.0. The van der Waals surface area contributed by atoms with Gasteiger partial charge in [-0.05, 0) is 29.7 Å². The molecule has 0 aliphatic heterocycles. The van der Waals surface area contributed by atoms with Crippen molar-refractivity contribution in [2.45, 2.75) is 31.8 Å². The van der Waals surface area contributed by atoms with E-state index in [4.69, 9.17) is 13.0 Å². The molecule has 10 heteroatoms. The summed E-state index contributed by atoms with van der Waals surface area (Å²) in [6, 6.07) is 35.1. The molecule has 0 spiro atoms. The number of hydrogen-bond acceptors (Lipinski definition) is 4. The minimum atomic E-state index is -6.09. The summed E-state index contributed by atoms with van der Waals surface area (Å²) in [5, 5.41) is 3.12. The molecule has 4 aromatic rings. The van der Waals surface area contributed by atoms with Gasteiger partial charge in [-0.25, -0.2) is 8.42 Å². The lowest BCUT2D eigenvalue weighted by Gasteiger charge is -2.13. The third-order valence-corrected chi connectivity index (χ3v) is 6.43. The highest BCUT2D eigenvalue weighted by Crippen LogP contribution is 2.26. The number of halogens is 3. The molecular formula is C30H29F3N2O4S. The first-order valence-corrected chi connectivity index (χ1v) is 13.9. The fourth-order valence-electron chi connectivity index (χ4n) is 3.86. The Kier molecular flexibility index (Phi) is 10.6. The lowest BCUT2D eigenvalue weighted by atomic mass is 10.0. The van der Waals surface area contributed by atoms with Crippen molar-refractivity contribution in [3.05, 3.63) is 114 Å². The minimum absolute atomic E-state index is 0.0376. The van der Waals surface area contributed by atoms with Crippen molar-refractivity contribution < 1.29 is 35.5 Å². The van der Waals surface area contributed by atoms with E-state index in [-0.39, 0.29) is 5.91 Å². The van der Waals surface area contributed by atoms with Crippen molar-refractivity contribution in [1.29, 1.82) is 0 Å². The Morgan fingerprint density at radius 3 is 1.82 bits per heavy atom. The number of amides is 1. The number of carbonyl (C=O) groups is 1. The van der Waals surface area contributed by atoms with Gasteiger partial charge in [-0.3, -0.25) is 4.79 Å². The topological polar surface area (TPSA) is 90.2 Å². The largest absolute Gasteiger partial charge is 0.741 e. The maximum Gasteiger partial charge on any atom is 0.485 e. The fourth-order valence-corrected chi connectivity index (χ4v) is 3.86. The molecule has 4 rings (SSSR count). The molecule has 0 saturated carbocycles. The molecule has 40 heavy (non-hydrogen) atoms. The summed E-state index contributed by atoms with van der Waals surface area (Å²) < 4.78 is 61.0. The van der Waals surface area contributed by atoms with Crippen molar-refractivity contribution >= 4 is 16.0 Å². The molecule has 0 bridgehead atoms. The zero-order chi connectivity index (χ0) is 29.2. The number of unbranched alkanes of at least 4 members (excludes halogenated alkanes) is 1. The van der Waals surface area contributed by atoms with E-state index in [1.165, 1.54) is 0 Å². The Morgan fingerprint density at radius 2 is 1.32 bits per heavy atom. The smallest absolute Gasteiger partial charge is 0.485 e. The van der Waals surface area contributed by atoms with Crippen LogP contribution in [0.3, 0.4) is 0 Å². The average molecular weight is 571 g/mol. The third-order valence-electron chi connectivity index (χ3n) is 5.86. The summed E-state index contributed by atoms with van der Waals surface area (Å²) in [4.78, 5) is 13.4. The molecule has 0 aliphatic rings. The second-order valence-electron chi connectivity index (χ2n) is 8.83. The molecule has 1 heterocycles. The second-order valence-corrected chi connectivity index (χ2v) is 10.2.